The molecule has 0 N–H and O–H groups in total. The summed E-state index contributed by atoms with van der Waals surface area (Å²) in [7, 11) is 1.72. The molecule has 7 nitrogen and oxygen atoms in total. The molecular formula is C36H42N2O5. The highest BCUT2D eigenvalue weighted by molar-refractivity contribution is 5.94. The second-order valence-electron chi connectivity index (χ2n) is 13.6. The van der Waals surface area contributed by atoms with E-state index in [1.54, 1.807) is 7.11 Å². The van der Waals surface area contributed by atoms with Gasteiger partial charge in [-0.25, -0.2) is 0 Å². The quantitative estimate of drug-likeness (QED) is 0.352. The molecule has 2 aromatic carbocycles. The first-order valence-corrected chi connectivity index (χ1v) is 16.0. The van der Waals surface area contributed by atoms with Gasteiger partial charge in [0.1, 0.15) is 12.2 Å². The average Bonchev–Trinajstić information content (AvgIpc) is 3.61. The van der Waals surface area contributed by atoms with Crippen molar-refractivity contribution >= 4 is 11.9 Å². The molecule has 1 amide bonds. The minimum Gasteiger partial charge on any atom is -0.493 e. The molecule has 3 fully saturated rings. The fourth-order valence-electron chi connectivity index (χ4n) is 8.85. The number of benzene rings is 2. The van der Waals surface area contributed by atoms with Gasteiger partial charge in [0.15, 0.2) is 11.5 Å². The molecular weight excluding hydrogens is 540 g/mol. The van der Waals surface area contributed by atoms with Crippen LogP contribution in [-0.4, -0.2) is 72.7 Å². The first kappa shape index (κ1) is 28.3. The molecule has 0 aromatic heterocycles. The van der Waals surface area contributed by atoms with Crippen molar-refractivity contribution in [2.24, 2.45) is 17.8 Å². The van der Waals surface area contributed by atoms with Crippen molar-refractivity contribution < 1.29 is 23.8 Å². The largest absolute Gasteiger partial charge is 0.493 e. The smallest absolute Gasteiger partial charge is 0.302 e. The number of esters is 1. The third-order valence-corrected chi connectivity index (χ3v) is 10.6. The maximum absolute atomic E-state index is 13.9. The van der Waals surface area contributed by atoms with Gasteiger partial charge in [0, 0.05) is 54.4 Å². The highest BCUT2D eigenvalue weighted by Gasteiger charge is 2.67. The van der Waals surface area contributed by atoms with E-state index in [1.165, 1.54) is 18.1 Å². The van der Waals surface area contributed by atoms with Crippen LogP contribution < -0.4 is 9.47 Å². The summed E-state index contributed by atoms with van der Waals surface area (Å²) < 4.78 is 18.4. The molecule has 2 saturated carbocycles. The summed E-state index contributed by atoms with van der Waals surface area (Å²) >= 11 is 0. The van der Waals surface area contributed by atoms with E-state index in [-0.39, 0.29) is 35.5 Å². The fourth-order valence-corrected chi connectivity index (χ4v) is 8.85. The number of rotatable bonds is 7. The van der Waals surface area contributed by atoms with E-state index >= 15 is 0 Å². The molecule has 2 bridgehead atoms. The van der Waals surface area contributed by atoms with Gasteiger partial charge in [0.25, 0.3) is 5.91 Å². The number of hydrogen-bond donors (Lipinski definition) is 0. The summed E-state index contributed by atoms with van der Waals surface area (Å²) in [5, 5.41) is 0. The molecule has 7 atom stereocenters. The maximum atomic E-state index is 13.9. The van der Waals surface area contributed by atoms with E-state index in [4.69, 9.17) is 14.2 Å². The van der Waals surface area contributed by atoms with Gasteiger partial charge in [-0.15, -0.1) is 0 Å². The minimum atomic E-state index is -0.184. The zero-order valence-electron chi connectivity index (χ0n) is 25.7. The molecule has 226 valence electrons. The van der Waals surface area contributed by atoms with Crippen LogP contribution in [0.4, 0.5) is 0 Å². The van der Waals surface area contributed by atoms with Crippen LogP contribution in [0.5, 0.6) is 11.5 Å². The van der Waals surface area contributed by atoms with Crippen molar-refractivity contribution in [3.63, 3.8) is 0 Å². The number of carbonyl (C=O) groups excluding carboxylic acids is 2. The predicted octanol–water partition coefficient (Wildman–Crippen LogP) is 4.59. The van der Waals surface area contributed by atoms with Crippen LogP contribution in [0.1, 0.15) is 63.1 Å². The molecule has 1 spiro atoms. The monoisotopic (exact) mass is 582 g/mol. The van der Waals surface area contributed by atoms with Crippen LogP contribution in [0.15, 0.2) is 42.5 Å². The molecule has 5 aliphatic rings. The lowest BCUT2D eigenvalue weighted by molar-refractivity contribution is -0.142. The molecule has 7 rings (SSSR count). The summed E-state index contributed by atoms with van der Waals surface area (Å²) in [6.07, 6.45) is 4.77. The topological polar surface area (TPSA) is 68.3 Å². The Labute approximate surface area is 254 Å². The van der Waals surface area contributed by atoms with Crippen molar-refractivity contribution in [1.29, 1.82) is 0 Å². The lowest BCUT2D eigenvalue weighted by atomic mass is 9.51. The summed E-state index contributed by atoms with van der Waals surface area (Å²) in [5.41, 5.74) is 3.36. The number of piperidine rings is 1. The van der Waals surface area contributed by atoms with Crippen LogP contribution in [0.2, 0.25) is 0 Å². The highest BCUT2D eigenvalue weighted by Crippen LogP contribution is 2.64. The van der Waals surface area contributed by atoms with E-state index in [0.29, 0.717) is 30.3 Å². The average molecular weight is 583 g/mol. The number of amides is 1. The van der Waals surface area contributed by atoms with Crippen molar-refractivity contribution in [1.82, 2.24) is 9.80 Å². The Bertz CT molecular complexity index is 1480. The van der Waals surface area contributed by atoms with Crippen LogP contribution >= 0.6 is 0 Å². The predicted molar refractivity (Wildman–Crippen MR) is 163 cm³/mol. The first-order valence-electron chi connectivity index (χ1n) is 16.0. The molecule has 2 aliphatic heterocycles. The number of likely N-dealkylation sites (tertiary alicyclic amines) is 1. The number of carbonyl (C=O) groups is 2. The summed E-state index contributed by atoms with van der Waals surface area (Å²) in [6, 6.07) is 14.4. The van der Waals surface area contributed by atoms with Crippen molar-refractivity contribution in [2.45, 2.75) is 82.6 Å². The second kappa shape index (κ2) is 10.9. The summed E-state index contributed by atoms with van der Waals surface area (Å²) in [5.74, 6) is 8.60. The Morgan fingerprint density at radius 2 is 1.98 bits per heavy atom. The zero-order chi connectivity index (χ0) is 29.9. The van der Waals surface area contributed by atoms with Crippen LogP contribution in [0.3, 0.4) is 0 Å². The van der Waals surface area contributed by atoms with E-state index in [2.05, 4.69) is 42.7 Å². The third kappa shape index (κ3) is 4.79. The van der Waals surface area contributed by atoms with Gasteiger partial charge in [0.05, 0.1) is 13.2 Å². The molecule has 2 unspecified atom stereocenters. The number of ether oxygens (including phenoxy) is 3. The number of hydrogen-bond acceptors (Lipinski definition) is 6. The molecule has 7 heteroatoms. The van der Waals surface area contributed by atoms with Crippen molar-refractivity contribution in [2.75, 3.05) is 26.7 Å². The Kier molecular flexibility index (Phi) is 7.16. The van der Waals surface area contributed by atoms with E-state index in [1.807, 2.05) is 35.2 Å². The first-order chi connectivity index (χ1) is 20.8. The van der Waals surface area contributed by atoms with Gasteiger partial charge in [-0.05, 0) is 74.2 Å². The van der Waals surface area contributed by atoms with Crippen molar-refractivity contribution in [3.05, 3.63) is 59.2 Å². The molecule has 43 heavy (non-hydrogen) atoms. The van der Waals surface area contributed by atoms with Crippen LogP contribution in [0.25, 0.3) is 0 Å². The van der Waals surface area contributed by atoms with E-state index in [9.17, 15) is 9.59 Å². The highest BCUT2D eigenvalue weighted by atomic mass is 16.5. The second-order valence-corrected chi connectivity index (χ2v) is 13.6. The van der Waals surface area contributed by atoms with Crippen LogP contribution in [-0.2, 0) is 26.2 Å². The van der Waals surface area contributed by atoms with Gasteiger partial charge in [-0.3, -0.25) is 14.5 Å². The molecule has 2 aromatic rings. The Morgan fingerprint density at radius 3 is 2.72 bits per heavy atom. The minimum absolute atomic E-state index is 0.0611. The Balaban J connectivity index is 1.23. The van der Waals surface area contributed by atoms with Gasteiger partial charge in [-0.1, -0.05) is 44.0 Å². The van der Waals surface area contributed by atoms with Gasteiger partial charge < -0.3 is 19.1 Å². The maximum Gasteiger partial charge on any atom is 0.302 e. The van der Waals surface area contributed by atoms with Gasteiger partial charge >= 0.3 is 5.97 Å². The van der Waals surface area contributed by atoms with Crippen molar-refractivity contribution in [3.8, 4) is 23.3 Å². The molecule has 1 saturated heterocycles. The SMILES string of the molecule is COc1ccc2c3c1O[C@H]1[C@@H](N(CC(C)C)C(=O)C#Cc4ccccc4)CC[C@H]4[C@@H](C2)N(CC2CC2OC(C)=O)CC[C@@]341. The summed E-state index contributed by atoms with van der Waals surface area (Å²) in [6.45, 7) is 8.41. The summed E-state index contributed by atoms with van der Waals surface area (Å²) in [4.78, 5) is 30.1. The third-order valence-electron chi connectivity index (χ3n) is 10.6. The van der Waals surface area contributed by atoms with Gasteiger partial charge in [-0.2, -0.15) is 0 Å². The Morgan fingerprint density at radius 1 is 1.16 bits per heavy atom. The number of methoxy groups -OCH3 is 1. The fraction of sp³-hybridized carbons (Fsp3) is 0.556. The van der Waals surface area contributed by atoms with Gasteiger partial charge in [0.2, 0.25) is 0 Å². The normalized spacial score (nSPS) is 31.3. The molecule has 0 radical (unpaired) electrons. The lowest BCUT2D eigenvalue weighted by Gasteiger charge is -2.60. The van der Waals surface area contributed by atoms with E-state index in [0.717, 1.165) is 62.3 Å². The van der Waals surface area contributed by atoms with E-state index < -0.39 is 0 Å². The van der Waals surface area contributed by atoms with Crippen LogP contribution in [0, 0.1) is 29.6 Å². The Hall–Kier alpha value is -3.50. The zero-order valence-corrected chi connectivity index (χ0v) is 25.7. The molecule has 3 aliphatic carbocycles. The lowest BCUT2D eigenvalue weighted by Crippen LogP contribution is -2.69. The molecule has 2 heterocycles. The standard InChI is InChI=1S/C36H42N2O5/c1-22(2)20-38(32(40)15-10-24-8-6-5-7-9-24)28-13-12-27-29-18-25-11-14-30(41-4)34-33(25)36(27,35(28)43-34)16-17-37(29)21-26-19-31(26)42-23(3)39/h5-9,11,14,22,26-29,31,35H,12-13,16-21H2,1-4H3/t26?,27-,28-,29+,31?,35-,36-/m0/s1. The number of nitrogens with zero attached hydrogens (tertiary/aromatic N) is 2.